The van der Waals surface area contributed by atoms with Crippen molar-refractivity contribution in [3.63, 3.8) is 0 Å². The number of aliphatic hydroxyl groups is 1. The summed E-state index contributed by atoms with van der Waals surface area (Å²) in [5, 5.41) is 21.4. The summed E-state index contributed by atoms with van der Waals surface area (Å²) in [5.41, 5.74) is 16.0. The third-order valence-corrected chi connectivity index (χ3v) is 6.92. The van der Waals surface area contributed by atoms with E-state index in [0.717, 1.165) is 6.42 Å². The van der Waals surface area contributed by atoms with E-state index in [1.807, 2.05) is 6.92 Å². The van der Waals surface area contributed by atoms with Crippen molar-refractivity contribution in [3.8, 4) is 0 Å². The Hall–Kier alpha value is -3.42. The van der Waals surface area contributed by atoms with E-state index in [9.17, 15) is 29.1 Å². The van der Waals surface area contributed by atoms with Crippen LogP contribution in [0.3, 0.4) is 0 Å². The summed E-state index contributed by atoms with van der Waals surface area (Å²) in [6.45, 7) is 11.5. The maximum Gasteiger partial charge on any atom is 0.242 e. The molecule has 0 bridgehead atoms. The van der Waals surface area contributed by atoms with Crippen LogP contribution in [0.5, 0.6) is 0 Å². The first-order valence-electron chi connectivity index (χ1n) is 14.6. The molecule has 0 radical (unpaired) electrons. The van der Waals surface area contributed by atoms with E-state index in [4.69, 9.17) is 17.2 Å². The highest BCUT2D eigenvalue weighted by atomic mass is 16.3. The number of aliphatic hydroxyl groups excluding tert-OH is 1. The molecule has 0 aliphatic carbocycles. The molecule has 0 saturated carbocycles. The maximum absolute atomic E-state index is 13.0. The number of rotatable bonds is 20. The highest BCUT2D eigenvalue weighted by Gasteiger charge is 2.31. The molecule has 0 spiro atoms. The first kappa shape index (κ1) is 38.6. The Kier molecular flexibility index (Phi) is 18.1. The third-order valence-electron chi connectivity index (χ3n) is 6.92. The Morgan fingerprint density at radius 3 is 1.95 bits per heavy atom. The number of primary amides is 1. The molecule has 0 aromatic rings. The van der Waals surface area contributed by atoms with Crippen molar-refractivity contribution in [2.45, 2.75) is 104 Å². The predicted octanol–water partition coefficient (Wildman–Crippen LogP) is -0.769. The number of nitrogens with one attached hydrogen (secondary N) is 4. The minimum absolute atomic E-state index is 0.103. The van der Waals surface area contributed by atoms with E-state index in [1.54, 1.807) is 13.8 Å². The molecule has 0 aliphatic rings. The lowest BCUT2D eigenvalue weighted by atomic mass is 9.90. The first-order chi connectivity index (χ1) is 19.5. The van der Waals surface area contributed by atoms with Gasteiger partial charge in [0.15, 0.2) is 5.96 Å². The minimum Gasteiger partial charge on any atom is -0.390 e. The highest BCUT2D eigenvalue weighted by molar-refractivity contribution is 5.89. The predicted molar refractivity (Wildman–Crippen MR) is 161 cm³/mol. The topological polar surface area (TPSA) is 244 Å². The van der Waals surface area contributed by atoms with Gasteiger partial charge >= 0.3 is 0 Å². The van der Waals surface area contributed by atoms with Gasteiger partial charge < -0.3 is 43.6 Å². The highest BCUT2D eigenvalue weighted by Crippen LogP contribution is 2.20. The summed E-state index contributed by atoms with van der Waals surface area (Å²) < 4.78 is 0. The van der Waals surface area contributed by atoms with E-state index < -0.39 is 60.2 Å². The Morgan fingerprint density at radius 2 is 1.43 bits per heavy atom. The summed E-state index contributed by atoms with van der Waals surface area (Å²) in [6, 6.07) is -2.84. The van der Waals surface area contributed by atoms with E-state index in [-0.39, 0.29) is 37.2 Å². The van der Waals surface area contributed by atoms with E-state index in [1.165, 1.54) is 7.05 Å². The lowest BCUT2D eigenvalue weighted by molar-refractivity contribution is -0.133. The molecule has 11 N–H and O–H groups in total. The number of aliphatic imine (C=N–C) groups is 1. The third kappa shape index (κ3) is 16.1. The second-order valence-corrected chi connectivity index (χ2v) is 11.7. The van der Waals surface area contributed by atoms with Gasteiger partial charge in [-0.25, -0.2) is 0 Å². The van der Waals surface area contributed by atoms with Gasteiger partial charge in [-0.15, -0.1) is 0 Å². The smallest absolute Gasteiger partial charge is 0.242 e. The molecule has 14 heteroatoms. The number of amides is 5. The van der Waals surface area contributed by atoms with Crippen molar-refractivity contribution in [2.75, 3.05) is 13.6 Å². The number of likely N-dealkylation sites (N-methyl/N-ethyl adjacent to an activating group) is 1. The van der Waals surface area contributed by atoms with Gasteiger partial charge in [-0.2, -0.15) is 0 Å². The summed E-state index contributed by atoms with van der Waals surface area (Å²) in [4.78, 5) is 66.1. The monoisotopic (exact) mass is 598 g/mol. The van der Waals surface area contributed by atoms with Crippen LogP contribution in [-0.4, -0.2) is 78.4 Å². The molecular weight excluding hydrogens is 544 g/mol. The van der Waals surface area contributed by atoms with Gasteiger partial charge in [0.2, 0.25) is 29.5 Å². The van der Waals surface area contributed by atoms with Crippen LogP contribution in [0.2, 0.25) is 0 Å². The Morgan fingerprint density at radius 1 is 0.810 bits per heavy atom. The summed E-state index contributed by atoms with van der Waals surface area (Å²) in [6.07, 6.45) is 0.354. The molecule has 0 heterocycles. The Labute approximate surface area is 249 Å². The minimum atomic E-state index is -1.34. The SMILES string of the molecule is CNC(=O)[C@@H](NC(=O)CC(O)[C@H](CCCN=C(N)N)NC(=O)C(C)NC(=O)C(C)CC(C)CC(C)C)C(C)CC(N)=O. The number of nitrogens with two attached hydrogens (primary N) is 3. The van der Waals surface area contributed by atoms with Crippen molar-refractivity contribution in [1.29, 1.82) is 0 Å². The lowest BCUT2D eigenvalue weighted by Crippen LogP contribution is -2.54. The van der Waals surface area contributed by atoms with Crippen LogP contribution in [0.4, 0.5) is 0 Å². The maximum atomic E-state index is 13.0. The number of carbonyl (C=O) groups excluding carboxylic acids is 5. The second kappa shape index (κ2) is 19.7. The number of carbonyl (C=O) groups is 5. The van der Waals surface area contributed by atoms with E-state index in [0.29, 0.717) is 24.7 Å². The van der Waals surface area contributed by atoms with Gasteiger partial charge in [0.05, 0.1) is 18.6 Å². The zero-order valence-corrected chi connectivity index (χ0v) is 26.2. The van der Waals surface area contributed by atoms with Crippen molar-refractivity contribution in [2.24, 2.45) is 45.9 Å². The normalized spacial score (nSPS) is 16.1. The molecule has 0 saturated heterocycles. The summed E-state index contributed by atoms with van der Waals surface area (Å²) in [5.74, 6) is -2.71. The average molecular weight is 599 g/mol. The number of nitrogens with zero attached hydrogens (tertiary/aromatic N) is 1. The van der Waals surface area contributed by atoms with Gasteiger partial charge in [-0.1, -0.05) is 34.6 Å². The van der Waals surface area contributed by atoms with E-state index in [2.05, 4.69) is 47.0 Å². The fourth-order valence-corrected chi connectivity index (χ4v) is 4.84. The lowest BCUT2D eigenvalue weighted by Gasteiger charge is -2.27. The summed E-state index contributed by atoms with van der Waals surface area (Å²) in [7, 11) is 1.39. The second-order valence-electron chi connectivity index (χ2n) is 11.7. The van der Waals surface area contributed by atoms with Crippen molar-refractivity contribution < 1.29 is 29.1 Å². The zero-order chi connectivity index (χ0) is 32.6. The van der Waals surface area contributed by atoms with Crippen LogP contribution in [0.15, 0.2) is 4.99 Å². The molecule has 0 aliphatic heterocycles. The van der Waals surface area contributed by atoms with Crippen LogP contribution in [0.1, 0.15) is 80.1 Å². The average Bonchev–Trinajstić information content (AvgIpc) is 2.86. The number of hydrogen-bond donors (Lipinski definition) is 8. The van der Waals surface area contributed by atoms with Crippen molar-refractivity contribution in [1.82, 2.24) is 21.3 Å². The molecule has 0 fully saturated rings. The molecule has 42 heavy (non-hydrogen) atoms. The van der Waals surface area contributed by atoms with Crippen LogP contribution in [0.25, 0.3) is 0 Å². The van der Waals surface area contributed by atoms with Gasteiger partial charge in [0.1, 0.15) is 12.1 Å². The fraction of sp³-hybridized carbons (Fsp3) is 0.786. The van der Waals surface area contributed by atoms with Gasteiger partial charge in [-0.3, -0.25) is 29.0 Å². The van der Waals surface area contributed by atoms with E-state index >= 15 is 0 Å². The largest absolute Gasteiger partial charge is 0.390 e. The van der Waals surface area contributed by atoms with Gasteiger partial charge in [0.25, 0.3) is 0 Å². The molecule has 0 rings (SSSR count). The summed E-state index contributed by atoms with van der Waals surface area (Å²) >= 11 is 0. The number of hydrogen-bond acceptors (Lipinski definition) is 7. The molecule has 5 unspecified atom stereocenters. The fourth-order valence-electron chi connectivity index (χ4n) is 4.84. The van der Waals surface area contributed by atoms with Crippen LogP contribution < -0.4 is 38.5 Å². The Balaban J connectivity index is 5.44. The molecule has 7 atom stereocenters. The molecule has 242 valence electrons. The molecule has 0 aromatic heterocycles. The van der Waals surface area contributed by atoms with Crippen molar-refractivity contribution in [3.05, 3.63) is 0 Å². The van der Waals surface area contributed by atoms with Crippen LogP contribution in [0, 0.1) is 23.7 Å². The number of guanidine groups is 1. The first-order valence-corrected chi connectivity index (χ1v) is 14.6. The Bertz CT molecular complexity index is 924. The molecular formula is C28H54N8O6. The quantitative estimate of drug-likeness (QED) is 0.0501. The van der Waals surface area contributed by atoms with Gasteiger partial charge in [-0.05, 0) is 50.4 Å². The van der Waals surface area contributed by atoms with Crippen LogP contribution in [-0.2, 0) is 24.0 Å². The van der Waals surface area contributed by atoms with Crippen molar-refractivity contribution >= 4 is 35.5 Å². The standard InChI is InChI=1S/C28H54N8O6/c1-15(2)11-16(3)12-18(5)25(40)34-19(6)26(41)35-20(9-8-10-33-28(30)31)21(37)14-23(39)36-24(27(42)32-7)17(4)13-22(29)38/h15-21,24,37H,8-14H2,1-7H3,(H2,29,38)(H,32,42)(H,34,40)(H,35,41)(H,36,39)(H4,30,31,33)/t16?,17?,18?,19?,20-,21?,24-/m0/s1. The molecule has 5 amide bonds. The molecule has 14 nitrogen and oxygen atoms in total. The van der Waals surface area contributed by atoms with Crippen LogP contribution >= 0.6 is 0 Å². The zero-order valence-electron chi connectivity index (χ0n) is 26.2. The van der Waals surface area contributed by atoms with Gasteiger partial charge in [0, 0.05) is 25.9 Å². The molecule has 0 aromatic carbocycles.